The van der Waals surface area contributed by atoms with E-state index in [4.69, 9.17) is 0 Å². The fourth-order valence-corrected chi connectivity index (χ4v) is 8.81. The second-order valence-electron chi connectivity index (χ2n) is 6.27. The SMILES string of the molecule is CC(C)[Si](Nc1cc(F)c(F)cc1F)(C(C)C)C(C)C. The van der Waals surface area contributed by atoms with E-state index in [9.17, 15) is 13.2 Å². The average molecular weight is 303 g/mol. The molecule has 5 heteroatoms. The Morgan fingerprint density at radius 3 is 1.55 bits per heavy atom. The van der Waals surface area contributed by atoms with Crippen LogP contribution in [-0.2, 0) is 0 Å². The predicted octanol–water partition coefficient (Wildman–Crippen LogP) is 5.69. The van der Waals surface area contributed by atoms with Gasteiger partial charge in [0.15, 0.2) is 19.9 Å². The molecule has 0 saturated heterocycles. The van der Waals surface area contributed by atoms with Gasteiger partial charge in [0.2, 0.25) is 0 Å². The smallest absolute Gasteiger partial charge is 0.161 e. The third-order valence-corrected chi connectivity index (χ3v) is 10.7. The van der Waals surface area contributed by atoms with Crippen molar-refractivity contribution in [2.24, 2.45) is 0 Å². The van der Waals surface area contributed by atoms with E-state index in [1.54, 1.807) is 0 Å². The first kappa shape index (κ1) is 17.1. The summed E-state index contributed by atoms with van der Waals surface area (Å²) in [7, 11) is -2.12. The summed E-state index contributed by atoms with van der Waals surface area (Å²) in [6, 6.07) is 1.54. The van der Waals surface area contributed by atoms with Gasteiger partial charge >= 0.3 is 0 Å². The fraction of sp³-hybridized carbons (Fsp3) is 0.600. The molecule has 0 amide bonds. The fourth-order valence-electron chi connectivity index (χ4n) is 3.28. The first-order chi connectivity index (χ1) is 9.12. The maximum atomic E-state index is 13.9. The van der Waals surface area contributed by atoms with Crippen molar-refractivity contribution < 1.29 is 13.2 Å². The number of rotatable bonds is 5. The minimum absolute atomic E-state index is 0.0756. The van der Waals surface area contributed by atoms with Crippen molar-refractivity contribution in [3.8, 4) is 0 Å². The summed E-state index contributed by atoms with van der Waals surface area (Å²) in [6.45, 7) is 12.6. The van der Waals surface area contributed by atoms with Crippen LogP contribution in [0.5, 0.6) is 0 Å². The Kier molecular flexibility index (Phi) is 5.30. The summed E-state index contributed by atoms with van der Waals surface area (Å²) in [5.74, 6) is -2.91. The van der Waals surface area contributed by atoms with Gasteiger partial charge in [-0.15, -0.1) is 0 Å². The highest BCUT2D eigenvalue weighted by molar-refractivity contribution is 6.86. The van der Waals surface area contributed by atoms with Gasteiger partial charge < -0.3 is 4.98 Å². The summed E-state index contributed by atoms with van der Waals surface area (Å²) in [5.41, 5.74) is 1.10. The van der Waals surface area contributed by atoms with Crippen LogP contribution in [0, 0.1) is 17.5 Å². The van der Waals surface area contributed by atoms with E-state index in [2.05, 4.69) is 46.5 Å². The Bertz CT molecular complexity index is 451. The highest BCUT2D eigenvalue weighted by atomic mass is 28.3. The van der Waals surface area contributed by atoms with Crippen LogP contribution < -0.4 is 4.98 Å². The number of anilines is 1. The molecule has 0 bridgehead atoms. The molecule has 114 valence electrons. The lowest BCUT2D eigenvalue weighted by molar-refractivity contribution is 0.496. The molecule has 0 aliphatic heterocycles. The molecule has 0 saturated carbocycles. The van der Waals surface area contributed by atoms with Gasteiger partial charge in [-0.25, -0.2) is 13.2 Å². The molecule has 0 atom stereocenters. The molecule has 0 aromatic heterocycles. The Morgan fingerprint density at radius 1 is 0.750 bits per heavy atom. The first-order valence-corrected chi connectivity index (χ1v) is 9.28. The van der Waals surface area contributed by atoms with Crippen LogP contribution in [0.1, 0.15) is 41.5 Å². The zero-order valence-corrected chi connectivity index (χ0v) is 14.0. The van der Waals surface area contributed by atoms with Crippen molar-refractivity contribution in [3.63, 3.8) is 0 Å². The highest BCUT2D eigenvalue weighted by Crippen LogP contribution is 2.42. The Hall–Kier alpha value is -0.973. The minimum Gasteiger partial charge on any atom is -0.407 e. The summed E-state index contributed by atoms with van der Waals surface area (Å²) >= 11 is 0. The molecule has 1 nitrogen and oxygen atoms in total. The zero-order valence-electron chi connectivity index (χ0n) is 13.0. The van der Waals surface area contributed by atoms with Crippen molar-refractivity contribution in [2.45, 2.75) is 58.2 Å². The summed E-state index contributed by atoms with van der Waals surface area (Å²) in [6.07, 6.45) is 0. The molecule has 0 radical (unpaired) electrons. The largest absolute Gasteiger partial charge is 0.407 e. The van der Waals surface area contributed by atoms with E-state index in [-0.39, 0.29) is 5.69 Å². The summed E-state index contributed by atoms with van der Waals surface area (Å²) < 4.78 is 40.3. The lowest BCUT2D eigenvalue weighted by Crippen LogP contribution is -2.52. The Morgan fingerprint density at radius 2 is 1.15 bits per heavy atom. The van der Waals surface area contributed by atoms with Crippen LogP contribution in [-0.4, -0.2) is 8.24 Å². The summed E-state index contributed by atoms with van der Waals surface area (Å²) in [4.78, 5) is 3.28. The Labute approximate surface area is 120 Å². The van der Waals surface area contributed by atoms with Crippen molar-refractivity contribution in [1.82, 2.24) is 0 Å². The standard InChI is InChI=1S/C15H24F3NSi/c1-9(2)20(10(3)4,11(5)6)19-15-8-13(17)12(16)7-14(15)18/h7-11,19H,1-6H3. The van der Waals surface area contributed by atoms with E-state index < -0.39 is 25.7 Å². The monoisotopic (exact) mass is 303 g/mol. The van der Waals surface area contributed by atoms with Crippen molar-refractivity contribution in [1.29, 1.82) is 0 Å². The highest BCUT2D eigenvalue weighted by Gasteiger charge is 2.44. The van der Waals surface area contributed by atoms with Crippen LogP contribution >= 0.6 is 0 Å². The molecule has 1 N–H and O–H groups in total. The third-order valence-electron chi connectivity index (χ3n) is 4.23. The minimum atomic E-state index is -2.12. The van der Waals surface area contributed by atoms with Crippen LogP contribution in [0.2, 0.25) is 16.6 Å². The second-order valence-corrected chi connectivity index (χ2v) is 11.8. The lowest BCUT2D eigenvalue weighted by atomic mass is 10.3. The van der Waals surface area contributed by atoms with E-state index in [0.717, 1.165) is 6.07 Å². The van der Waals surface area contributed by atoms with Gasteiger partial charge in [0, 0.05) is 12.1 Å². The molecule has 1 rings (SSSR count). The third kappa shape index (κ3) is 3.02. The van der Waals surface area contributed by atoms with Crippen molar-refractivity contribution in [2.75, 3.05) is 4.98 Å². The predicted molar refractivity (Wildman–Crippen MR) is 81.0 cm³/mol. The molecule has 0 aliphatic carbocycles. The maximum absolute atomic E-state index is 13.9. The molecule has 0 unspecified atom stereocenters. The molecule has 20 heavy (non-hydrogen) atoms. The van der Waals surface area contributed by atoms with Crippen LogP contribution in [0.4, 0.5) is 18.9 Å². The second kappa shape index (κ2) is 6.20. The number of benzene rings is 1. The van der Waals surface area contributed by atoms with Gasteiger partial charge in [-0.3, -0.25) is 0 Å². The van der Waals surface area contributed by atoms with Gasteiger partial charge in [-0.2, -0.15) is 0 Å². The number of nitrogens with one attached hydrogen (secondary N) is 1. The van der Waals surface area contributed by atoms with Crippen molar-refractivity contribution >= 4 is 13.9 Å². The molecule has 0 fully saturated rings. The zero-order chi connectivity index (χ0) is 15.7. The maximum Gasteiger partial charge on any atom is 0.161 e. The van der Waals surface area contributed by atoms with E-state index in [1.165, 1.54) is 0 Å². The number of halogens is 3. The van der Waals surface area contributed by atoms with Gasteiger partial charge in [0.1, 0.15) is 5.82 Å². The first-order valence-electron chi connectivity index (χ1n) is 7.05. The Balaban J connectivity index is 3.30. The van der Waals surface area contributed by atoms with Gasteiger partial charge in [-0.1, -0.05) is 41.5 Å². The normalized spacial score (nSPS) is 12.6. The van der Waals surface area contributed by atoms with Crippen molar-refractivity contribution in [3.05, 3.63) is 29.6 Å². The van der Waals surface area contributed by atoms with E-state index in [0.29, 0.717) is 22.7 Å². The topological polar surface area (TPSA) is 12.0 Å². The average Bonchev–Trinajstić information content (AvgIpc) is 2.30. The summed E-state index contributed by atoms with van der Waals surface area (Å²) in [5, 5.41) is 0. The molecular weight excluding hydrogens is 279 g/mol. The van der Waals surface area contributed by atoms with Crippen LogP contribution in [0.3, 0.4) is 0 Å². The number of hydrogen-bond acceptors (Lipinski definition) is 1. The van der Waals surface area contributed by atoms with Crippen LogP contribution in [0.15, 0.2) is 12.1 Å². The quantitative estimate of drug-likeness (QED) is 0.544. The van der Waals surface area contributed by atoms with Gasteiger partial charge in [0.25, 0.3) is 0 Å². The van der Waals surface area contributed by atoms with E-state index >= 15 is 0 Å². The molecule has 0 spiro atoms. The van der Waals surface area contributed by atoms with E-state index in [1.807, 2.05) is 0 Å². The lowest BCUT2D eigenvalue weighted by Gasteiger charge is -2.44. The van der Waals surface area contributed by atoms with Gasteiger partial charge in [0.05, 0.1) is 5.69 Å². The molecule has 0 heterocycles. The molecular formula is C15H24F3NSi. The molecule has 0 aliphatic rings. The molecule has 1 aromatic rings. The van der Waals surface area contributed by atoms with Crippen LogP contribution in [0.25, 0.3) is 0 Å². The van der Waals surface area contributed by atoms with Gasteiger partial charge in [-0.05, 0) is 16.6 Å². The number of hydrogen-bond donors (Lipinski definition) is 1. The molecule has 1 aromatic carbocycles.